The normalized spacial score (nSPS) is 17.7. The molecule has 1 atom stereocenters. The molecule has 23 heavy (non-hydrogen) atoms. The molecule has 0 heterocycles. The molecule has 1 aliphatic carbocycles. The number of hydrogen-bond acceptors (Lipinski definition) is 4. The Morgan fingerprint density at radius 1 is 1.22 bits per heavy atom. The molecule has 0 bridgehead atoms. The number of nitrogens with two attached hydrogens (primary N) is 1. The number of hydrogen-bond donors (Lipinski definition) is 2. The zero-order valence-corrected chi connectivity index (χ0v) is 14.4. The zero-order chi connectivity index (χ0) is 16.9. The molecule has 5 nitrogen and oxygen atoms in total. The Hall–Kier alpha value is -1.40. The first kappa shape index (κ1) is 17.9. The van der Waals surface area contributed by atoms with Crippen LogP contribution in [-0.2, 0) is 9.84 Å². The molecule has 128 valence electrons. The van der Waals surface area contributed by atoms with Gasteiger partial charge in [-0.3, -0.25) is 4.79 Å². The van der Waals surface area contributed by atoms with E-state index in [1.807, 2.05) is 0 Å². The molecule has 1 aliphatic rings. The minimum Gasteiger partial charge on any atom is -0.348 e. The largest absolute Gasteiger partial charge is 0.348 e. The molecule has 1 saturated carbocycles. The van der Waals surface area contributed by atoms with Crippen molar-refractivity contribution in [1.29, 1.82) is 0 Å². The van der Waals surface area contributed by atoms with Gasteiger partial charge in [-0.25, -0.2) is 8.42 Å². The topological polar surface area (TPSA) is 89.3 Å². The van der Waals surface area contributed by atoms with Gasteiger partial charge < -0.3 is 11.1 Å². The lowest BCUT2D eigenvalue weighted by atomic mass is 9.84. The summed E-state index contributed by atoms with van der Waals surface area (Å²) in [5, 5.41) is 3.01. The van der Waals surface area contributed by atoms with Gasteiger partial charge in [0.05, 0.1) is 10.6 Å². The van der Waals surface area contributed by atoms with Crippen LogP contribution in [0.4, 0.5) is 0 Å². The molecule has 1 unspecified atom stereocenters. The Labute approximate surface area is 138 Å². The summed E-state index contributed by atoms with van der Waals surface area (Å²) in [6.07, 6.45) is 5.86. The van der Waals surface area contributed by atoms with E-state index in [1.54, 1.807) is 19.1 Å². The van der Waals surface area contributed by atoms with Crippen LogP contribution in [0.2, 0.25) is 0 Å². The third kappa shape index (κ3) is 4.54. The molecular weight excluding hydrogens is 312 g/mol. The Morgan fingerprint density at radius 2 is 1.83 bits per heavy atom. The molecule has 0 radical (unpaired) electrons. The van der Waals surface area contributed by atoms with E-state index < -0.39 is 9.84 Å². The summed E-state index contributed by atoms with van der Waals surface area (Å²) in [5.74, 6) is 0.305. The number of carbonyl (C=O) groups is 1. The van der Waals surface area contributed by atoms with Gasteiger partial charge in [0.1, 0.15) is 0 Å². The smallest absolute Gasteiger partial charge is 0.251 e. The quantitative estimate of drug-likeness (QED) is 0.831. The van der Waals surface area contributed by atoms with Crippen LogP contribution in [0.3, 0.4) is 0 Å². The van der Waals surface area contributed by atoms with Gasteiger partial charge >= 0.3 is 0 Å². The van der Waals surface area contributed by atoms with Crippen molar-refractivity contribution in [3.05, 3.63) is 29.8 Å². The molecule has 0 aliphatic heterocycles. The van der Waals surface area contributed by atoms with Crippen molar-refractivity contribution in [1.82, 2.24) is 5.32 Å². The SMILES string of the molecule is CCS(=O)(=O)c1ccc(C(=O)NC(CN)C2CCCCC2)cc1. The average Bonchev–Trinajstić information content (AvgIpc) is 2.60. The van der Waals surface area contributed by atoms with Crippen LogP contribution in [0, 0.1) is 5.92 Å². The molecular formula is C17H26N2O3S. The maximum atomic E-state index is 12.4. The van der Waals surface area contributed by atoms with Gasteiger partial charge in [0.25, 0.3) is 5.91 Å². The second kappa shape index (κ2) is 7.93. The monoisotopic (exact) mass is 338 g/mol. The highest BCUT2D eigenvalue weighted by molar-refractivity contribution is 7.91. The van der Waals surface area contributed by atoms with Crippen molar-refractivity contribution in [2.45, 2.75) is 50.0 Å². The third-order valence-corrected chi connectivity index (χ3v) is 6.40. The molecule has 0 saturated heterocycles. The summed E-state index contributed by atoms with van der Waals surface area (Å²) < 4.78 is 23.6. The number of amides is 1. The number of carbonyl (C=O) groups excluding carboxylic acids is 1. The first-order valence-electron chi connectivity index (χ1n) is 8.31. The number of nitrogens with one attached hydrogen (secondary N) is 1. The highest BCUT2D eigenvalue weighted by atomic mass is 32.2. The lowest BCUT2D eigenvalue weighted by molar-refractivity contribution is 0.0915. The van der Waals surface area contributed by atoms with E-state index in [0.29, 0.717) is 18.0 Å². The van der Waals surface area contributed by atoms with Crippen molar-refractivity contribution in [2.24, 2.45) is 11.7 Å². The van der Waals surface area contributed by atoms with E-state index in [9.17, 15) is 13.2 Å². The first-order chi connectivity index (χ1) is 11.0. The van der Waals surface area contributed by atoms with E-state index in [1.165, 1.54) is 31.4 Å². The predicted molar refractivity (Wildman–Crippen MR) is 91.1 cm³/mol. The summed E-state index contributed by atoms with van der Waals surface area (Å²) in [7, 11) is -3.24. The van der Waals surface area contributed by atoms with Crippen LogP contribution in [0.25, 0.3) is 0 Å². The predicted octanol–water partition coefficient (Wildman–Crippen LogP) is 2.12. The fourth-order valence-electron chi connectivity index (χ4n) is 3.14. The molecule has 3 N–H and O–H groups in total. The Morgan fingerprint density at radius 3 is 2.35 bits per heavy atom. The molecule has 0 aromatic heterocycles. The highest BCUT2D eigenvalue weighted by Gasteiger charge is 2.24. The molecule has 1 aromatic rings. The van der Waals surface area contributed by atoms with E-state index in [-0.39, 0.29) is 22.6 Å². The van der Waals surface area contributed by atoms with Crippen LogP contribution in [-0.4, -0.2) is 32.7 Å². The van der Waals surface area contributed by atoms with Gasteiger partial charge in [0, 0.05) is 18.2 Å². The van der Waals surface area contributed by atoms with Crippen molar-refractivity contribution in [3.63, 3.8) is 0 Å². The van der Waals surface area contributed by atoms with Crippen LogP contribution in [0.15, 0.2) is 29.2 Å². The lowest BCUT2D eigenvalue weighted by Gasteiger charge is -2.30. The maximum Gasteiger partial charge on any atom is 0.251 e. The Kier molecular flexibility index (Phi) is 6.18. The molecule has 1 aromatic carbocycles. The Balaban J connectivity index is 2.04. The molecule has 1 fully saturated rings. The van der Waals surface area contributed by atoms with Gasteiger partial charge in [-0.15, -0.1) is 0 Å². The van der Waals surface area contributed by atoms with Crippen molar-refractivity contribution < 1.29 is 13.2 Å². The minimum atomic E-state index is -3.24. The molecule has 2 rings (SSSR count). The first-order valence-corrected chi connectivity index (χ1v) is 9.97. The Bertz CT molecular complexity index is 620. The van der Waals surface area contributed by atoms with Crippen LogP contribution in [0.1, 0.15) is 49.4 Å². The molecule has 6 heteroatoms. The van der Waals surface area contributed by atoms with Crippen LogP contribution < -0.4 is 11.1 Å². The van der Waals surface area contributed by atoms with E-state index in [2.05, 4.69) is 5.32 Å². The summed E-state index contributed by atoms with van der Waals surface area (Å²) in [6.45, 7) is 2.03. The second-order valence-electron chi connectivity index (χ2n) is 6.14. The van der Waals surface area contributed by atoms with Crippen molar-refractivity contribution in [3.8, 4) is 0 Å². The van der Waals surface area contributed by atoms with Gasteiger partial charge in [-0.05, 0) is 43.0 Å². The maximum absolute atomic E-state index is 12.4. The minimum absolute atomic E-state index is 0.0122. The van der Waals surface area contributed by atoms with Gasteiger partial charge in [0.2, 0.25) is 0 Å². The van der Waals surface area contributed by atoms with Gasteiger partial charge in [-0.1, -0.05) is 26.2 Å². The van der Waals surface area contributed by atoms with Crippen LogP contribution in [0.5, 0.6) is 0 Å². The summed E-state index contributed by atoms with van der Waals surface area (Å²) >= 11 is 0. The fourth-order valence-corrected chi connectivity index (χ4v) is 4.02. The summed E-state index contributed by atoms with van der Waals surface area (Å²) in [4.78, 5) is 12.6. The van der Waals surface area contributed by atoms with E-state index in [4.69, 9.17) is 5.73 Å². The standard InChI is InChI=1S/C17H26N2O3S/c1-2-23(21,22)15-10-8-14(9-11-15)17(20)19-16(12-18)13-6-4-3-5-7-13/h8-11,13,16H,2-7,12,18H2,1H3,(H,19,20). The third-order valence-electron chi connectivity index (χ3n) is 4.64. The van der Waals surface area contributed by atoms with E-state index >= 15 is 0 Å². The van der Waals surface area contributed by atoms with Crippen molar-refractivity contribution >= 4 is 15.7 Å². The fraction of sp³-hybridized carbons (Fsp3) is 0.588. The molecule has 0 spiro atoms. The van der Waals surface area contributed by atoms with Gasteiger partial charge in [-0.2, -0.15) is 0 Å². The van der Waals surface area contributed by atoms with Gasteiger partial charge in [0.15, 0.2) is 9.84 Å². The summed E-state index contributed by atoms with van der Waals surface area (Å²) in [5.41, 5.74) is 6.30. The zero-order valence-electron chi connectivity index (χ0n) is 13.6. The van der Waals surface area contributed by atoms with Crippen molar-refractivity contribution in [2.75, 3.05) is 12.3 Å². The molecule has 1 amide bonds. The summed E-state index contributed by atoms with van der Waals surface area (Å²) in [6, 6.07) is 6.10. The van der Waals surface area contributed by atoms with Crippen LogP contribution >= 0.6 is 0 Å². The number of rotatable bonds is 6. The second-order valence-corrected chi connectivity index (χ2v) is 8.42. The number of benzene rings is 1. The number of sulfone groups is 1. The van der Waals surface area contributed by atoms with E-state index in [0.717, 1.165) is 12.8 Å². The lowest BCUT2D eigenvalue weighted by Crippen LogP contribution is -2.45. The highest BCUT2D eigenvalue weighted by Crippen LogP contribution is 2.26. The average molecular weight is 338 g/mol.